The van der Waals surface area contributed by atoms with Crippen molar-refractivity contribution in [2.45, 2.75) is 20.3 Å². The summed E-state index contributed by atoms with van der Waals surface area (Å²) in [5.74, 6) is -0.827. The topological polar surface area (TPSA) is 37.3 Å². The zero-order chi connectivity index (χ0) is 15.8. The Labute approximate surface area is 122 Å². The smallest absolute Gasteiger partial charge is 0.330 e. The number of carbonyl (C=O) groups is 1. The molecule has 0 fully saturated rings. The monoisotopic (exact) mass is 272 g/mol. The van der Waals surface area contributed by atoms with Crippen LogP contribution in [0.15, 0.2) is 73.9 Å². The Balaban J connectivity index is 0. The standard InChI is InChI=1S/C8H8.C6H10O2.C4H6/c1-2-8-6-4-3-5-7-8;1-3-4-5(2)6(7)8;1-3-4-2/h2-7H,1H2;4H,3H2,1-2H3,(H,7,8);3-4H,1-2H2/b;5-4+;. The number of carboxylic acid groups (broad SMARTS) is 1. The van der Waals surface area contributed by atoms with Crippen molar-refractivity contribution in [1.82, 2.24) is 0 Å². The summed E-state index contributed by atoms with van der Waals surface area (Å²) in [5.41, 5.74) is 1.60. The molecule has 0 unspecified atom stereocenters. The molecule has 0 atom stereocenters. The van der Waals surface area contributed by atoms with E-state index in [2.05, 4.69) is 19.7 Å². The van der Waals surface area contributed by atoms with E-state index in [0.717, 1.165) is 6.42 Å². The van der Waals surface area contributed by atoms with Crippen LogP contribution < -0.4 is 0 Å². The zero-order valence-corrected chi connectivity index (χ0v) is 12.4. The van der Waals surface area contributed by atoms with Crippen LogP contribution in [0.2, 0.25) is 0 Å². The average Bonchev–Trinajstić information content (AvgIpc) is 2.49. The van der Waals surface area contributed by atoms with Crippen LogP contribution in [-0.4, -0.2) is 11.1 Å². The van der Waals surface area contributed by atoms with Crippen LogP contribution in [0.4, 0.5) is 0 Å². The van der Waals surface area contributed by atoms with Gasteiger partial charge in [-0.1, -0.05) is 81.3 Å². The van der Waals surface area contributed by atoms with Gasteiger partial charge in [0.25, 0.3) is 0 Å². The molecule has 0 aromatic heterocycles. The zero-order valence-electron chi connectivity index (χ0n) is 12.4. The molecule has 0 aliphatic rings. The van der Waals surface area contributed by atoms with E-state index in [1.165, 1.54) is 5.56 Å². The van der Waals surface area contributed by atoms with Crippen LogP contribution in [0.5, 0.6) is 0 Å². The van der Waals surface area contributed by atoms with Gasteiger partial charge in [-0.05, 0) is 18.9 Å². The van der Waals surface area contributed by atoms with Gasteiger partial charge in [-0.2, -0.15) is 0 Å². The van der Waals surface area contributed by atoms with Crippen molar-refractivity contribution in [3.63, 3.8) is 0 Å². The van der Waals surface area contributed by atoms with Gasteiger partial charge in [-0.3, -0.25) is 0 Å². The lowest BCUT2D eigenvalue weighted by Crippen LogP contribution is -1.94. The fraction of sp³-hybridized carbons (Fsp3) is 0.167. The lowest BCUT2D eigenvalue weighted by molar-refractivity contribution is -0.132. The highest BCUT2D eigenvalue weighted by molar-refractivity contribution is 5.85. The molecule has 2 heteroatoms. The molecular weight excluding hydrogens is 248 g/mol. The van der Waals surface area contributed by atoms with Gasteiger partial charge in [0.05, 0.1) is 0 Å². The molecule has 108 valence electrons. The predicted molar refractivity (Wildman–Crippen MR) is 88.6 cm³/mol. The van der Waals surface area contributed by atoms with Gasteiger partial charge in [0.1, 0.15) is 0 Å². The molecule has 0 aliphatic heterocycles. The molecule has 0 heterocycles. The molecule has 0 saturated carbocycles. The van der Waals surface area contributed by atoms with E-state index in [-0.39, 0.29) is 0 Å². The van der Waals surface area contributed by atoms with Gasteiger partial charge < -0.3 is 5.11 Å². The Morgan fingerprint density at radius 2 is 1.65 bits per heavy atom. The van der Waals surface area contributed by atoms with Gasteiger partial charge in [0, 0.05) is 5.57 Å². The second-order valence-corrected chi connectivity index (χ2v) is 3.69. The maximum absolute atomic E-state index is 10.0. The van der Waals surface area contributed by atoms with Crippen molar-refractivity contribution < 1.29 is 9.90 Å². The SMILES string of the molecule is C=CC=C.C=Cc1ccccc1.CC/C=C(\C)C(=O)O. The molecule has 2 nitrogen and oxygen atoms in total. The molecule has 1 rings (SSSR count). The lowest BCUT2D eigenvalue weighted by Gasteiger charge is -1.87. The number of rotatable bonds is 4. The fourth-order valence-corrected chi connectivity index (χ4v) is 0.983. The first kappa shape index (κ1) is 20.0. The fourth-order valence-electron chi connectivity index (χ4n) is 0.983. The molecule has 20 heavy (non-hydrogen) atoms. The van der Waals surface area contributed by atoms with E-state index in [0.29, 0.717) is 5.57 Å². The summed E-state index contributed by atoms with van der Waals surface area (Å²) in [7, 11) is 0. The number of hydrogen-bond acceptors (Lipinski definition) is 1. The van der Waals surface area contributed by atoms with Crippen molar-refractivity contribution in [2.75, 3.05) is 0 Å². The third kappa shape index (κ3) is 13.7. The quantitative estimate of drug-likeness (QED) is 0.610. The van der Waals surface area contributed by atoms with E-state index in [1.807, 2.05) is 43.3 Å². The van der Waals surface area contributed by atoms with E-state index in [1.54, 1.807) is 25.2 Å². The maximum Gasteiger partial charge on any atom is 0.330 e. The Morgan fingerprint density at radius 1 is 1.15 bits per heavy atom. The van der Waals surface area contributed by atoms with E-state index in [4.69, 9.17) is 5.11 Å². The first-order valence-corrected chi connectivity index (χ1v) is 6.34. The summed E-state index contributed by atoms with van der Waals surface area (Å²) < 4.78 is 0. The van der Waals surface area contributed by atoms with Gasteiger partial charge >= 0.3 is 5.97 Å². The Bertz CT molecular complexity index is 422. The third-order valence-electron chi connectivity index (χ3n) is 2.05. The third-order valence-corrected chi connectivity index (χ3v) is 2.05. The molecule has 1 aromatic carbocycles. The minimum atomic E-state index is -0.827. The van der Waals surface area contributed by atoms with Crippen molar-refractivity contribution in [3.05, 3.63) is 79.4 Å². The van der Waals surface area contributed by atoms with Gasteiger partial charge in [-0.15, -0.1) is 0 Å². The highest BCUT2D eigenvalue weighted by Gasteiger charge is 1.94. The Hall–Kier alpha value is -2.35. The van der Waals surface area contributed by atoms with Gasteiger partial charge in [-0.25, -0.2) is 4.79 Å². The van der Waals surface area contributed by atoms with Crippen LogP contribution in [-0.2, 0) is 4.79 Å². The molecule has 0 aliphatic carbocycles. The van der Waals surface area contributed by atoms with Crippen LogP contribution in [0.3, 0.4) is 0 Å². The second-order valence-electron chi connectivity index (χ2n) is 3.69. The number of allylic oxidation sites excluding steroid dienone is 3. The highest BCUT2D eigenvalue weighted by atomic mass is 16.4. The van der Waals surface area contributed by atoms with E-state index in [9.17, 15) is 4.79 Å². The Kier molecular flexibility index (Phi) is 14.7. The van der Waals surface area contributed by atoms with E-state index >= 15 is 0 Å². The number of benzene rings is 1. The average molecular weight is 272 g/mol. The number of carboxylic acids is 1. The first-order chi connectivity index (χ1) is 9.53. The predicted octanol–water partition coefficient (Wildman–Crippen LogP) is 5.12. The Morgan fingerprint density at radius 3 is 1.85 bits per heavy atom. The summed E-state index contributed by atoms with van der Waals surface area (Å²) in [6, 6.07) is 10.0. The van der Waals surface area contributed by atoms with Crippen molar-refractivity contribution >= 4 is 12.0 Å². The van der Waals surface area contributed by atoms with Crippen molar-refractivity contribution in [3.8, 4) is 0 Å². The largest absolute Gasteiger partial charge is 0.478 e. The minimum absolute atomic E-state index is 0.424. The first-order valence-electron chi connectivity index (χ1n) is 6.34. The van der Waals surface area contributed by atoms with E-state index < -0.39 is 5.97 Å². The summed E-state index contributed by atoms with van der Waals surface area (Å²) in [6.07, 6.45) is 7.58. The minimum Gasteiger partial charge on any atom is -0.478 e. The molecule has 1 N–H and O–H groups in total. The summed E-state index contributed by atoms with van der Waals surface area (Å²) in [6.45, 7) is 13.9. The van der Waals surface area contributed by atoms with Crippen LogP contribution in [0, 0.1) is 0 Å². The molecule has 0 radical (unpaired) electrons. The van der Waals surface area contributed by atoms with Crippen molar-refractivity contribution in [1.29, 1.82) is 0 Å². The molecule has 0 bridgehead atoms. The normalized spacial score (nSPS) is 9.00. The highest BCUT2D eigenvalue weighted by Crippen LogP contribution is 1.97. The van der Waals surface area contributed by atoms with Gasteiger partial charge in [0.2, 0.25) is 0 Å². The van der Waals surface area contributed by atoms with Crippen LogP contribution in [0.25, 0.3) is 6.08 Å². The van der Waals surface area contributed by atoms with Crippen LogP contribution >= 0.6 is 0 Å². The molecular formula is C18H24O2. The molecule has 0 amide bonds. The molecule has 1 aromatic rings. The van der Waals surface area contributed by atoms with Gasteiger partial charge in [0.15, 0.2) is 0 Å². The number of aliphatic carboxylic acids is 1. The summed E-state index contributed by atoms with van der Waals surface area (Å²) in [4.78, 5) is 10.0. The van der Waals surface area contributed by atoms with Crippen LogP contribution in [0.1, 0.15) is 25.8 Å². The molecule has 0 saturated heterocycles. The summed E-state index contributed by atoms with van der Waals surface area (Å²) in [5, 5.41) is 8.24. The maximum atomic E-state index is 10.0. The number of hydrogen-bond donors (Lipinski definition) is 1. The van der Waals surface area contributed by atoms with Crippen molar-refractivity contribution in [2.24, 2.45) is 0 Å². The lowest BCUT2D eigenvalue weighted by atomic mass is 10.2. The molecule has 0 spiro atoms. The summed E-state index contributed by atoms with van der Waals surface area (Å²) >= 11 is 0. The second kappa shape index (κ2) is 14.7.